The fourth-order valence-corrected chi connectivity index (χ4v) is 6.19. The number of nitrogens with zero attached hydrogens (tertiary/aromatic N) is 3. The summed E-state index contributed by atoms with van der Waals surface area (Å²) in [6.07, 6.45) is 0. The maximum absolute atomic E-state index is 14.9. The van der Waals surface area contributed by atoms with Crippen LogP contribution >= 0.6 is 22.9 Å². The van der Waals surface area contributed by atoms with Crippen LogP contribution < -0.4 is 4.74 Å². The van der Waals surface area contributed by atoms with Gasteiger partial charge in [-0.2, -0.15) is 10.4 Å². The number of hydrogen-bond donors (Lipinski definition) is 0. The molecule has 2 aromatic carbocycles. The molecule has 2 heterocycles. The molecule has 0 unspecified atom stereocenters. The third-order valence-corrected chi connectivity index (χ3v) is 8.11. The Balaban J connectivity index is 1.85. The van der Waals surface area contributed by atoms with Crippen LogP contribution in [0.25, 0.3) is 10.9 Å². The predicted molar refractivity (Wildman–Crippen MR) is 117 cm³/mol. The molecular formula is C21H15ClFN3O3S2. The lowest BCUT2D eigenvalue weighted by atomic mass is 10.1. The van der Waals surface area contributed by atoms with Crippen LogP contribution in [0.5, 0.6) is 5.75 Å². The first-order chi connectivity index (χ1) is 14.8. The third-order valence-electron chi connectivity index (χ3n) is 4.67. The number of halogens is 2. The highest BCUT2D eigenvalue weighted by molar-refractivity contribution is 7.92. The fraction of sp³-hybridized carbons (Fsp3) is 0.143. The normalized spacial score (nSPS) is 11.5. The number of nitriles is 1. The van der Waals surface area contributed by atoms with E-state index in [2.05, 4.69) is 11.2 Å². The van der Waals surface area contributed by atoms with Crippen molar-refractivity contribution in [3.8, 4) is 11.8 Å². The summed E-state index contributed by atoms with van der Waals surface area (Å²) in [5.74, 6) is -0.670. The number of rotatable bonds is 6. The molecule has 4 rings (SSSR count). The molecule has 6 nitrogen and oxygen atoms in total. The van der Waals surface area contributed by atoms with E-state index in [4.69, 9.17) is 21.6 Å². The van der Waals surface area contributed by atoms with Crippen molar-refractivity contribution in [2.75, 3.05) is 7.11 Å². The highest BCUT2D eigenvalue weighted by Crippen LogP contribution is 2.34. The minimum Gasteiger partial charge on any atom is -0.496 e. The van der Waals surface area contributed by atoms with Crippen molar-refractivity contribution in [3.05, 3.63) is 75.5 Å². The maximum atomic E-state index is 14.9. The fourth-order valence-electron chi connectivity index (χ4n) is 3.34. The van der Waals surface area contributed by atoms with E-state index in [1.54, 1.807) is 24.3 Å². The molecular weight excluding hydrogens is 461 g/mol. The Labute approximate surface area is 187 Å². The van der Waals surface area contributed by atoms with Crippen LogP contribution in [0.15, 0.2) is 52.7 Å². The molecule has 0 bridgehead atoms. The van der Waals surface area contributed by atoms with Crippen LogP contribution in [0.2, 0.25) is 4.34 Å². The molecule has 0 saturated carbocycles. The molecule has 0 radical (unpaired) electrons. The Morgan fingerprint density at radius 2 is 2.06 bits per heavy atom. The first kappa shape index (κ1) is 21.3. The van der Waals surface area contributed by atoms with Gasteiger partial charge in [-0.1, -0.05) is 23.7 Å². The highest BCUT2D eigenvalue weighted by atomic mass is 35.5. The van der Waals surface area contributed by atoms with Crippen molar-refractivity contribution in [3.63, 3.8) is 0 Å². The summed E-state index contributed by atoms with van der Waals surface area (Å²) in [6.45, 7) is 0.154. The van der Waals surface area contributed by atoms with Crippen LogP contribution in [-0.2, 0) is 22.1 Å². The summed E-state index contributed by atoms with van der Waals surface area (Å²) >= 11 is 6.85. The lowest BCUT2D eigenvalue weighted by molar-refractivity contribution is 0.419. The quantitative estimate of drug-likeness (QED) is 0.400. The van der Waals surface area contributed by atoms with Gasteiger partial charge in [0.05, 0.1) is 40.7 Å². The number of methoxy groups -OCH3 is 1. The molecule has 0 aliphatic rings. The molecule has 10 heteroatoms. The molecule has 31 heavy (non-hydrogen) atoms. The van der Waals surface area contributed by atoms with E-state index in [1.165, 1.54) is 36.1 Å². The van der Waals surface area contributed by atoms with Crippen LogP contribution in [0.1, 0.15) is 16.8 Å². The number of fused-ring (bicyclic) bond motifs is 1. The minimum atomic E-state index is -3.75. The maximum Gasteiger partial charge on any atom is 0.193 e. The molecule has 0 saturated heterocycles. The van der Waals surface area contributed by atoms with Crippen molar-refractivity contribution >= 4 is 43.7 Å². The summed E-state index contributed by atoms with van der Waals surface area (Å²) in [6, 6.07) is 14.6. The van der Waals surface area contributed by atoms with E-state index in [0.717, 1.165) is 16.9 Å². The SMILES string of the molecule is COc1ccc(F)c2c1c(CS(=O)(=O)c1ccc(Cl)s1)nn2Cc1cccc(C#N)c1. The van der Waals surface area contributed by atoms with Crippen molar-refractivity contribution in [2.24, 2.45) is 0 Å². The molecule has 0 aliphatic carbocycles. The van der Waals surface area contributed by atoms with Gasteiger partial charge in [-0.25, -0.2) is 12.8 Å². The molecule has 0 aliphatic heterocycles. The van der Waals surface area contributed by atoms with E-state index >= 15 is 0 Å². The van der Waals surface area contributed by atoms with Gasteiger partial charge in [-0.15, -0.1) is 11.3 Å². The third kappa shape index (κ3) is 4.14. The van der Waals surface area contributed by atoms with Crippen molar-refractivity contribution in [2.45, 2.75) is 16.5 Å². The number of hydrogen-bond acceptors (Lipinski definition) is 6. The monoisotopic (exact) mass is 475 g/mol. The van der Waals surface area contributed by atoms with Gasteiger partial charge in [0, 0.05) is 0 Å². The van der Waals surface area contributed by atoms with Gasteiger partial charge in [0.2, 0.25) is 0 Å². The number of benzene rings is 2. The van der Waals surface area contributed by atoms with Crippen molar-refractivity contribution < 1.29 is 17.5 Å². The number of ether oxygens (including phenoxy) is 1. The average Bonchev–Trinajstić information content (AvgIpc) is 3.33. The predicted octanol–water partition coefficient (Wildman–Crippen LogP) is 4.79. The first-order valence-electron chi connectivity index (χ1n) is 9.01. The second-order valence-electron chi connectivity index (χ2n) is 6.71. The summed E-state index contributed by atoms with van der Waals surface area (Å²) in [7, 11) is -2.33. The molecule has 0 fully saturated rings. The van der Waals surface area contributed by atoms with E-state index in [-0.39, 0.29) is 22.0 Å². The van der Waals surface area contributed by atoms with Gasteiger partial charge >= 0.3 is 0 Å². The summed E-state index contributed by atoms with van der Waals surface area (Å²) < 4.78 is 47.9. The zero-order chi connectivity index (χ0) is 22.2. The Kier molecular flexibility index (Phi) is 5.71. The van der Waals surface area contributed by atoms with Crippen LogP contribution in [0.3, 0.4) is 0 Å². The van der Waals surface area contributed by atoms with Gasteiger partial charge < -0.3 is 4.74 Å². The Hall–Kier alpha value is -2.93. The number of aromatic nitrogens is 2. The van der Waals surface area contributed by atoms with Gasteiger partial charge in [0.25, 0.3) is 0 Å². The van der Waals surface area contributed by atoms with Crippen molar-refractivity contribution in [1.29, 1.82) is 5.26 Å². The molecule has 0 spiro atoms. The van der Waals surface area contributed by atoms with E-state index in [1.807, 2.05) is 0 Å². The molecule has 2 aromatic heterocycles. The summed E-state index contributed by atoms with van der Waals surface area (Å²) in [4.78, 5) is 0. The van der Waals surface area contributed by atoms with Crippen LogP contribution in [0, 0.1) is 17.1 Å². The second-order valence-corrected chi connectivity index (χ2v) is 10.6. The molecule has 0 amide bonds. The molecule has 0 atom stereocenters. The molecule has 4 aromatic rings. The average molecular weight is 476 g/mol. The molecule has 158 valence electrons. The van der Waals surface area contributed by atoms with Gasteiger partial charge in [0.15, 0.2) is 9.84 Å². The summed E-state index contributed by atoms with van der Waals surface area (Å²) in [5, 5.41) is 13.9. The van der Waals surface area contributed by atoms with E-state index < -0.39 is 21.4 Å². The zero-order valence-corrected chi connectivity index (χ0v) is 18.6. The zero-order valence-electron chi connectivity index (χ0n) is 16.2. The van der Waals surface area contributed by atoms with Crippen molar-refractivity contribution in [1.82, 2.24) is 9.78 Å². The Bertz CT molecular complexity index is 1440. The summed E-state index contributed by atoms with van der Waals surface area (Å²) in [5.41, 5.74) is 1.50. The minimum absolute atomic E-state index is 0.109. The Morgan fingerprint density at radius 3 is 2.74 bits per heavy atom. The second kappa shape index (κ2) is 8.30. The number of sulfone groups is 1. The standard InChI is InChI=1S/C21H15ClFN3O3S2/c1-29-17-6-5-15(23)21-20(17)16(12-31(27,28)19-8-7-18(22)30-19)25-26(21)11-14-4-2-3-13(9-14)10-24/h2-9H,11-12H2,1H3. The van der Waals surface area contributed by atoms with Crippen LogP contribution in [-0.4, -0.2) is 25.3 Å². The largest absolute Gasteiger partial charge is 0.496 e. The lowest BCUT2D eigenvalue weighted by Gasteiger charge is -2.07. The van der Waals surface area contributed by atoms with Gasteiger partial charge in [-0.3, -0.25) is 4.68 Å². The highest BCUT2D eigenvalue weighted by Gasteiger charge is 2.25. The van der Waals surface area contributed by atoms with E-state index in [0.29, 0.717) is 21.0 Å². The van der Waals surface area contributed by atoms with Gasteiger partial charge in [0.1, 0.15) is 27.0 Å². The van der Waals surface area contributed by atoms with Gasteiger partial charge in [-0.05, 0) is 42.0 Å². The van der Waals surface area contributed by atoms with E-state index in [9.17, 15) is 12.8 Å². The topological polar surface area (TPSA) is 85.0 Å². The smallest absolute Gasteiger partial charge is 0.193 e. The number of thiophene rings is 1. The molecule has 0 N–H and O–H groups in total. The first-order valence-corrected chi connectivity index (χ1v) is 11.9. The lowest BCUT2D eigenvalue weighted by Crippen LogP contribution is -2.06. The Morgan fingerprint density at radius 1 is 1.26 bits per heavy atom. The van der Waals surface area contributed by atoms with Crippen LogP contribution in [0.4, 0.5) is 4.39 Å².